The van der Waals surface area contributed by atoms with Gasteiger partial charge < -0.3 is 16.4 Å². The van der Waals surface area contributed by atoms with Crippen LogP contribution in [0.25, 0.3) is 0 Å². The van der Waals surface area contributed by atoms with Crippen molar-refractivity contribution in [2.45, 2.75) is 13.0 Å². The van der Waals surface area contributed by atoms with Gasteiger partial charge in [-0.3, -0.25) is 4.79 Å². The summed E-state index contributed by atoms with van der Waals surface area (Å²) in [5, 5.41) is 0. The zero-order valence-electron chi connectivity index (χ0n) is 11.2. The molecule has 2 aromatic carbocycles. The van der Waals surface area contributed by atoms with Gasteiger partial charge in [0, 0.05) is 24.5 Å². The average molecular weight is 267 g/mol. The van der Waals surface area contributed by atoms with Crippen LogP contribution in [0, 0.1) is 0 Å². The van der Waals surface area contributed by atoms with Crippen molar-refractivity contribution in [3.05, 3.63) is 59.2 Å². The number of amides is 1. The van der Waals surface area contributed by atoms with E-state index in [-0.39, 0.29) is 5.91 Å². The standard InChI is InChI=1S/C16H17N3O/c17-13-6-5-11-7-8-19(10-12(11)9-13)15-4-2-1-3-14(15)16(18)20/h1-6,9H,7-8,10,17H2,(H2,18,20). The minimum absolute atomic E-state index is 0.390. The lowest BCUT2D eigenvalue weighted by molar-refractivity contribution is 0.100. The zero-order valence-corrected chi connectivity index (χ0v) is 11.2. The van der Waals surface area contributed by atoms with Crippen molar-refractivity contribution in [3.8, 4) is 0 Å². The number of nitrogens with zero attached hydrogens (tertiary/aromatic N) is 1. The first kappa shape index (κ1) is 12.5. The van der Waals surface area contributed by atoms with E-state index in [0.717, 1.165) is 30.9 Å². The molecule has 3 rings (SSSR count). The molecule has 0 saturated carbocycles. The summed E-state index contributed by atoms with van der Waals surface area (Å²) < 4.78 is 0. The van der Waals surface area contributed by atoms with Gasteiger partial charge in [0.1, 0.15) is 0 Å². The molecule has 0 radical (unpaired) electrons. The highest BCUT2D eigenvalue weighted by atomic mass is 16.1. The second kappa shape index (κ2) is 4.89. The highest BCUT2D eigenvalue weighted by Gasteiger charge is 2.20. The molecule has 1 heterocycles. The molecule has 4 N–H and O–H groups in total. The molecular formula is C16H17N3O. The van der Waals surface area contributed by atoms with Crippen molar-refractivity contribution in [1.29, 1.82) is 0 Å². The fourth-order valence-corrected chi connectivity index (χ4v) is 2.74. The smallest absolute Gasteiger partial charge is 0.250 e. The number of anilines is 2. The van der Waals surface area contributed by atoms with Crippen LogP contribution in [-0.4, -0.2) is 12.5 Å². The molecule has 0 spiro atoms. The molecule has 0 aliphatic carbocycles. The number of nitrogens with two attached hydrogens (primary N) is 2. The van der Waals surface area contributed by atoms with Crippen LogP contribution in [0.3, 0.4) is 0 Å². The van der Waals surface area contributed by atoms with Crippen LogP contribution >= 0.6 is 0 Å². The Morgan fingerprint density at radius 3 is 2.70 bits per heavy atom. The number of hydrogen-bond donors (Lipinski definition) is 2. The minimum Gasteiger partial charge on any atom is -0.399 e. The van der Waals surface area contributed by atoms with Crippen molar-refractivity contribution in [1.82, 2.24) is 0 Å². The molecule has 1 amide bonds. The first-order valence-corrected chi connectivity index (χ1v) is 6.66. The Balaban J connectivity index is 1.96. The van der Waals surface area contributed by atoms with Gasteiger partial charge in [0.2, 0.25) is 0 Å². The van der Waals surface area contributed by atoms with Gasteiger partial charge in [-0.05, 0) is 41.8 Å². The normalized spacial score (nSPS) is 13.9. The fourth-order valence-electron chi connectivity index (χ4n) is 2.74. The molecule has 4 heteroatoms. The maximum absolute atomic E-state index is 11.5. The predicted molar refractivity (Wildman–Crippen MR) is 80.6 cm³/mol. The number of fused-ring (bicyclic) bond motifs is 1. The number of nitrogen functional groups attached to an aromatic ring is 1. The molecule has 1 aliphatic rings. The molecule has 1 aliphatic heterocycles. The van der Waals surface area contributed by atoms with Crippen molar-refractivity contribution < 1.29 is 4.79 Å². The van der Waals surface area contributed by atoms with Crippen molar-refractivity contribution in [2.75, 3.05) is 17.2 Å². The number of hydrogen-bond acceptors (Lipinski definition) is 3. The summed E-state index contributed by atoms with van der Waals surface area (Å²) in [6.45, 7) is 1.63. The zero-order chi connectivity index (χ0) is 14.1. The minimum atomic E-state index is -0.390. The van der Waals surface area contributed by atoms with Gasteiger partial charge in [-0.2, -0.15) is 0 Å². The van der Waals surface area contributed by atoms with E-state index in [1.54, 1.807) is 6.07 Å². The Labute approximate surface area is 118 Å². The summed E-state index contributed by atoms with van der Waals surface area (Å²) in [7, 11) is 0. The molecule has 4 nitrogen and oxygen atoms in total. The molecule has 0 aromatic heterocycles. The lowest BCUT2D eigenvalue weighted by Gasteiger charge is -2.32. The maximum atomic E-state index is 11.5. The molecule has 0 fully saturated rings. The lowest BCUT2D eigenvalue weighted by atomic mass is 9.98. The van der Waals surface area contributed by atoms with Gasteiger partial charge in [-0.1, -0.05) is 18.2 Å². The van der Waals surface area contributed by atoms with E-state index < -0.39 is 0 Å². The molecular weight excluding hydrogens is 250 g/mol. The number of carbonyl (C=O) groups excluding carboxylic acids is 1. The third kappa shape index (κ3) is 2.20. The molecule has 20 heavy (non-hydrogen) atoms. The number of primary amides is 1. The van der Waals surface area contributed by atoms with E-state index in [0.29, 0.717) is 5.56 Å². The first-order valence-electron chi connectivity index (χ1n) is 6.66. The third-order valence-electron chi connectivity index (χ3n) is 3.75. The van der Waals surface area contributed by atoms with Crippen molar-refractivity contribution >= 4 is 17.3 Å². The number of carbonyl (C=O) groups is 1. The lowest BCUT2D eigenvalue weighted by Crippen LogP contribution is -2.32. The van der Waals surface area contributed by atoms with Crippen LogP contribution < -0.4 is 16.4 Å². The molecule has 0 unspecified atom stereocenters. The first-order chi connectivity index (χ1) is 9.65. The summed E-state index contributed by atoms with van der Waals surface area (Å²) in [6.07, 6.45) is 0.947. The molecule has 0 saturated heterocycles. The van der Waals surface area contributed by atoms with Gasteiger partial charge in [-0.15, -0.1) is 0 Å². The number of rotatable bonds is 2. The topological polar surface area (TPSA) is 72.4 Å². The van der Waals surface area contributed by atoms with Crippen LogP contribution in [-0.2, 0) is 13.0 Å². The highest BCUT2D eigenvalue weighted by Crippen LogP contribution is 2.28. The van der Waals surface area contributed by atoms with Crippen molar-refractivity contribution in [2.24, 2.45) is 5.73 Å². The van der Waals surface area contributed by atoms with E-state index in [2.05, 4.69) is 11.0 Å². The maximum Gasteiger partial charge on any atom is 0.250 e. The summed E-state index contributed by atoms with van der Waals surface area (Å²) in [5.41, 5.74) is 16.1. The molecule has 2 aromatic rings. The van der Waals surface area contributed by atoms with Gasteiger partial charge in [-0.25, -0.2) is 0 Å². The molecule has 102 valence electrons. The average Bonchev–Trinajstić information content (AvgIpc) is 2.46. The van der Waals surface area contributed by atoms with Crippen LogP contribution in [0.4, 0.5) is 11.4 Å². The Kier molecular flexibility index (Phi) is 3.06. The van der Waals surface area contributed by atoms with Gasteiger partial charge >= 0.3 is 0 Å². The van der Waals surface area contributed by atoms with Crippen molar-refractivity contribution in [3.63, 3.8) is 0 Å². The quantitative estimate of drug-likeness (QED) is 0.817. The Hall–Kier alpha value is -2.49. The number of para-hydroxylation sites is 1. The highest BCUT2D eigenvalue weighted by molar-refractivity contribution is 5.98. The van der Waals surface area contributed by atoms with Crippen LogP contribution in [0.15, 0.2) is 42.5 Å². The molecule has 0 atom stereocenters. The predicted octanol–water partition coefficient (Wildman–Crippen LogP) is 1.93. The fraction of sp³-hybridized carbons (Fsp3) is 0.188. The summed E-state index contributed by atoms with van der Waals surface area (Å²) in [4.78, 5) is 13.7. The summed E-state index contributed by atoms with van der Waals surface area (Å²) in [6, 6.07) is 13.5. The largest absolute Gasteiger partial charge is 0.399 e. The van der Waals surface area contributed by atoms with Crippen LogP contribution in [0.2, 0.25) is 0 Å². The second-order valence-corrected chi connectivity index (χ2v) is 5.08. The van der Waals surface area contributed by atoms with Crippen LogP contribution in [0.1, 0.15) is 21.5 Å². The number of benzene rings is 2. The van der Waals surface area contributed by atoms with Gasteiger partial charge in [0.15, 0.2) is 0 Å². The van der Waals surface area contributed by atoms with E-state index in [1.165, 1.54) is 11.1 Å². The Bertz CT molecular complexity index is 667. The molecule has 0 bridgehead atoms. The Morgan fingerprint density at radius 2 is 1.90 bits per heavy atom. The Morgan fingerprint density at radius 1 is 1.10 bits per heavy atom. The van der Waals surface area contributed by atoms with E-state index in [9.17, 15) is 4.79 Å². The van der Waals surface area contributed by atoms with E-state index in [4.69, 9.17) is 11.5 Å². The van der Waals surface area contributed by atoms with Gasteiger partial charge in [0.05, 0.1) is 5.56 Å². The SMILES string of the molecule is NC(=O)c1ccccc1N1CCc2ccc(N)cc2C1. The van der Waals surface area contributed by atoms with Gasteiger partial charge in [0.25, 0.3) is 5.91 Å². The van der Waals surface area contributed by atoms with E-state index >= 15 is 0 Å². The summed E-state index contributed by atoms with van der Waals surface area (Å²) >= 11 is 0. The van der Waals surface area contributed by atoms with E-state index in [1.807, 2.05) is 30.3 Å². The van der Waals surface area contributed by atoms with Crippen LogP contribution in [0.5, 0.6) is 0 Å². The monoisotopic (exact) mass is 267 g/mol. The second-order valence-electron chi connectivity index (χ2n) is 5.08. The summed E-state index contributed by atoms with van der Waals surface area (Å²) in [5.74, 6) is -0.390. The third-order valence-corrected chi connectivity index (χ3v) is 3.75.